The summed E-state index contributed by atoms with van der Waals surface area (Å²) in [5, 5.41) is 4.32. The molecule has 1 aromatic heterocycles. The molecule has 0 aliphatic rings. The number of nitrogens with zero attached hydrogens (tertiary/aromatic N) is 3. The predicted octanol–water partition coefficient (Wildman–Crippen LogP) is 1.79. The Labute approximate surface area is 118 Å². The van der Waals surface area contributed by atoms with Crippen LogP contribution in [0, 0.1) is 0 Å². The fourth-order valence-corrected chi connectivity index (χ4v) is 2.24. The molecule has 0 saturated heterocycles. The molecule has 0 bridgehead atoms. The van der Waals surface area contributed by atoms with Crippen molar-refractivity contribution < 1.29 is 4.74 Å². The number of benzene rings is 1. The van der Waals surface area contributed by atoms with Crippen molar-refractivity contribution in [2.45, 2.75) is 32.7 Å². The normalized spacial score (nSPS) is 10.8. The molecule has 5 heteroatoms. The van der Waals surface area contributed by atoms with Crippen LogP contribution in [-0.2, 0) is 26.4 Å². The number of aromatic nitrogens is 3. The Hall–Kier alpha value is -2.04. The zero-order valence-corrected chi connectivity index (χ0v) is 12.3. The number of rotatable bonds is 6. The van der Waals surface area contributed by atoms with Crippen LogP contribution in [0.4, 0.5) is 0 Å². The van der Waals surface area contributed by atoms with E-state index in [1.807, 2.05) is 24.3 Å². The van der Waals surface area contributed by atoms with Gasteiger partial charge in [0.15, 0.2) is 0 Å². The molecule has 108 valence electrons. The van der Waals surface area contributed by atoms with Crippen LogP contribution in [-0.4, -0.2) is 21.5 Å². The third kappa shape index (κ3) is 3.10. The second kappa shape index (κ2) is 6.41. The third-order valence-electron chi connectivity index (χ3n) is 3.33. The molecule has 20 heavy (non-hydrogen) atoms. The van der Waals surface area contributed by atoms with E-state index in [0.29, 0.717) is 0 Å². The van der Waals surface area contributed by atoms with Gasteiger partial charge < -0.3 is 4.74 Å². The van der Waals surface area contributed by atoms with E-state index in [1.165, 1.54) is 10.2 Å². The maximum absolute atomic E-state index is 11.9. The summed E-state index contributed by atoms with van der Waals surface area (Å²) in [6.45, 7) is 2.79. The number of methoxy groups -OCH3 is 1. The Morgan fingerprint density at radius 1 is 1.20 bits per heavy atom. The monoisotopic (exact) mass is 275 g/mol. The molecule has 0 N–H and O–H groups in total. The molecule has 0 amide bonds. The van der Waals surface area contributed by atoms with Crippen molar-refractivity contribution in [2.75, 3.05) is 7.11 Å². The lowest BCUT2D eigenvalue weighted by Gasteiger charge is -2.05. The van der Waals surface area contributed by atoms with Gasteiger partial charge in [0.25, 0.3) is 0 Å². The Bertz CT molecular complexity index is 611. The van der Waals surface area contributed by atoms with Crippen molar-refractivity contribution in [1.82, 2.24) is 14.3 Å². The topological polar surface area (TPSA) is 49.0 Å². The molecule has 5 nitrogen and oxygen atoms in total. The molecule has 0 atom stereocenters. The summed E-state index contributed by atoms with van der Waals surface area (Å²) in [6, 6.07) is 7.99. The van der Waals surface area contributed by atoms with Crippen LogP contribution in [0.15, 0.2) is 29.1 Å². The summed E-state index contributed by atoms with van der Waals surface area (Å²) in [7, 11) is 3.36. The quantitative estimate of drug-likeness (QED) is 0.807. The highest BCUT2D eigenvalue weighted by Gasteiger charge is 2.10. The van der Waals surface area contributed by atoms with Gasteiger partial charge in [0.1, 0.15) is 11.6 Å². The molecule has 0 aliphatic heterocycles. The second-order valence-corrected chi connectivity index (χ2v) is 4.82. The number of aryl methyl sites for hydroxylation is 3. The van der Waals surface area contributed by atoms with Crippen molar-refractivity contribution in [3.63, 3.8) is 0 Å². The Morgan fingerprint density at radius 3 is 2.50 bits per heavy atom. The number of hydrogen-bond acceptors (Lipinski definition) is 3. The van der Waals surface area contributed by atoms with E-state index in [0.717, 1.165) is 37.4 Å². The first kappa shape index (κ1) is 14.4. The van der Waals surface area contributed by atoms with Gasteiger partial charge in [-0.1, -0.05) is 19.1 Å². The van der Waals surface area contributed by atoms with E-state index in [1.54, 1.807) is 18.7 Å². The van der Waals surface area contributed by atoms with Crippen LogP contribution >= 0.6 is 0 Å². The smallest absolute Gasteiger partial charge is 0.345 e. The summed E-state index contributed by atoms with van der Waals surface area (Å²) in [5.41, 5.74) is 1.18. The fraction of sp³-hybridized carbons (Fsp3) is 0.467. The molecular weight excluding hydrogens is 254 g/mol. The standard InChI is InChI=1S/C15H21N3O2/c1-4-11-18-14(16-17(2)15(18)19)10-7-12-5-8-13(20-3)9-6-12/h5-6,8-9H,4,7,10-11H2,1-3H3. The van der Waals surface area contributed by atoms with E-state index >= 15 is 0 Å². The highest BCUT2D eigenvalue weighted by Crippen LogP contribution is 2.12. The predicted molar refractivity (Wildman–Crippen MR) is 78.2 cm³/mol. The molecule has 0 radical (unpaired) electrons. The van der Waals surface area contributed by atoms with Crippen LogP contribution in [0.2, 0.25) is 0 Å². The van der Waals surface area contributed by atoms with Crippen molar-refractivity contribution >= 4 is 0 Å². The fourth-order valence-electron chi connectivity index (χ4n) is 2.24. The minimum Gasteiger partial charge on any atom is -0.497 e. The first-order chi connectivity index (χ1) is 9.65. The maximum atomic E-state index is 11.9. The first-order valence-electron chi connectivity index (χ1n) is 6.91. The van der Waals surface area contributed by atoms with E-state index in [9.17, 15) is 4.79 Å². The molecule has 1 heterocycles. The van der Waals surface area contributed by atoms with Gasteiger partial charge in [-0.2, -0.15) is 5.10 Å². The molecule has 1 aromatic carbocycles. The lowest BCUT2D eigenvalue weighted by molar-refractivity contribution is 0.414. The average Bonchev–Trinajstić information content (AvgIpc) is 2.74. The van der Waals surface area contributed by atoms with E-state index in [2.05, 4.69) is 12.0 Å². The SMILES string of the molecule is CCCn1c(CCc2ccc(OC)cc2)nn(C)c1=O. The van der Waals surface area contributed by atoms with Crippen LogP contribution in [0.1, 0.15) is 24.7 Å². The Morgan fingerprint density at radius 2 is 1.90 bits per heavy atom. The molecule has 0 saturated carbocycles. The molecule has 0 aliphatic carbocycles. The largest absolute Gasteiger partial charge is 0.497 e. The van der Waals surface area contributed by atoms with Crippen LogP contribution in [0.3, 0.4) is 0 Å². The number of ether oxygens (including phenoxy) is 1. The lowest BCUT2D eigenvalue weighted by Crippen LogP contribution is -2.23. The van der Waals surface area contributed by atoms with E-state index in [-0.39, 0.29) is 5.69 Å². The highest BCUT2D eigenvalue weighted by molar-refractivity contribution is 5.27. The van der Waals surface area contributed by atoms with Gasteiger partial charge in [-0.3, -0.25) is 4.57 Å². The van der Waals surface area contributed by atoms with Crippen LogP contribution < -0.4 is 10.4 Å². The lowest BCUT2D eigenvalue weighted by atomic mass is 10.1. The number of hydrogen-bond donors (Lipinski definition) is 0. The molecule has 0 spiro atoms. The van der Waals surface area contributed by atoms with Gasteiger partial charge >= 0.3 is 5.69 Å². The van der Waals surface area contributed by atoms with E-state index < -0.39 is 0 Å². The summed E-state index contributed by atoms with van der Waals surface area (Å²) in [6.07, 6.45) is 2.56. The summed E-state index contributed by atoms with van der Waals surface area (Å²) >= 11 is 0. The van der Waals surface area contributed by atoms with Gasteiger partial charge in [0.05, 0.1) is 7.11 Å². The van der Waals surface area contributed by atoms with Crippen LogP contribution in [0.5, 0.6) is 5.75 Å². The summed E-state index contributed by atoms with van der Waals surface area (Å²) in [4.78, 5) is 11.9. The molecule has 2 rings (SSSR count). The van der Waals surface area contributed by atoms with Crippen molar-refractivity contribution in [3.05, 3.63) is 46.1 Å². The summed E-state index contributed by atoms with van der Waals surface area (Å²) in [5.74, 6) is 1.71. The minimum absolute atomic E-state index is 0.0309. The van der Waals surface area contributed by atoms with Gasteiger partial charge in [-0.05, 0) is 30.5 Å². The first-order valence-corrected chi connectivity index (χ1v) is 6.91. The maximum Gasteiger partial charge on any atom is 0.345 e. The zero-order valence-electron chi connectivity index (χ0n) is 12.3. The average molecular weight is 275 g/mol. The highest BCUT2D eigenvalue weighted by atomic mass is 16.5. The third-order valence-corrected chi connectivity index (χ3v) is 3.33. The Balaban J connectivity index is 2.10. The molecule has 2 aromatic rings. The van der Waals surface area contributed by atoms with Crippen molar-refractivity contribution in [3.8, 4) is 5.75 Å². The van der Waals surface area contributed by atoms with Crippen LogP contribution in [0.25, 0.3) is 0 Å². The van der Waals surface area contributed by atoms with Gasteiger partial charge in [-0.25, -0.2) is 9.48 Å². The van der Waals surface area contributed by atoms with E-state index in [4.69, 9.17) is 4.74 Å². The van der Waals surface area contributed by atoms with Gasteiger partial charge in [-0.15, -0.1) is 0 Å². The van der Waals surface area contributed by atoms with Crippen molar-refractivity contribution in [1.29, 1.82) is 0 Å². The van der Waals surface area contributed by atoms with Gasteiger partial charge in [0, 0.05) is 20.0 Å². The van der Waals surface area contributed by atoms with Gasteiger partial charge in [0.2, 0.25) is 0 Å². The Kier molecular flexibility index (Phi) is 4.61. The summed E-state index contributed by atoms with van der Waals surface area (Å²) < 4.78 is 8.32. The zero-order chi connectivity index (χ0) is 14.5. The minimum atomic E-state index is -0.0309. The molecule has 0 fully saturated rings. The molecular formula is C15H21N3O2. The van der Waals surface area contributed by atoms with Crippen molar-refractivity contribution in [2.24, 2.45) is 7.05 Å². The second-order valence-electron chi connectivity index (χ2n) is 4.82. The molecule has 0 unspecified atom stereocenters.